The van der Waals surface area contributed by atoms with Crippen molar-refractivity contribution in [3.63, 3.8) is 0 Å². The molecule has 1 aromatic carbocycles. The van der Waals surface area contributed by atoms with Gasteiger partial charge in [-0.25, -0.2) is 0 Å². The summed E-state index contributed by atoms with van der Waals surface area (Å²) in [6.45, 7) is 9.14. The molecule has 0 bridgehead atoms. The largest absolute Gasteiger partial charge is 0.496 e. The van der Waals surface area contributed by atoms with Gasteiger partial charge in [0.05, 0.1) is 13.0 Å². The van der Waals surface area contributed by atoms with Gasteiger partial charge in [0.2, 0.25) is 11.8 Å². The Morgan fingerprint density at radius 2 is 1.94 bits per heavy atom. The molecule has 1 saturated carbocycles. The lowest BCUT2D eigenvalue weighted by atomic mass is 9.87. The second-order valence-electron chi connectivity index (χ2n) is 11.6. The standard InChI is InChI=1S/C28H41N5O3/c1-18-9-10-19(22(16-18)36-6)17-29-27(35)21-13-14-24(34)32(5)25(21)26-31-30-23(33(26)20-11-12-20)8-7-15-28(2,3)4/h9-10,16,20-21,25H,7-8,11-15,17H2,1-6H3,(H,29,35)/t21-,25-/m0/s1. The van der Waals surface area contributed by atoms with Crippen LogP contribution in [-0.4, -0.2) is 45.6 Å². The number of amides is 2. The Bertz CT molecular complexity index is 1100. The first-order chi connectivity index (χ1) is 17.1. The molecule has 36 heavy (non-hydrogen) atoms. The van der Waals surface area contributed by atoms with Crippen molar-refractivity contribution in [2.75, 3.05) is 14.2 Å². The third-order valence-electron chi connectivity index (χ3n) is 7.39. The van der Waals surface area contributed by atoms with Gasteiger partial charge < -0.3 is 19.5 Å². The van der Waals surface area contributed by atoms with Gasteiger partial charge in [0.15, 0.2) is 5.82 Å². The SMILES string of the molecule is COc1cc(C)ccc1CNC(=O)[C@H]1CCC(=O)N(C)[C@@H]1c1nnc(CCCC(C)(C)C)n1C1CC1. The summed E-state index contributed by atoms with van der Waals surface area (Å²) in [6, 6.07) is 5.91. The van der Waals surface area contributed by atoms with Crippen molar-refractivity contribution in [1.29, 1.82) is 0 Å². The minimum absolute atomic E-state index is 0.0453. The first kappa shape index (κ1) is 26.2. The maximum atomic E-state index is 13.5. The lowest BCUT2D eigenvalue weighted by Gasteiger charge is -2.37. The number of carbonyl (C=O) groups is 2. The maximum Gasteiger partial charge on any atom is 0.225 e. The highest BCUT2D eigenvalue weighted by atomic mass is 16.5. The van der Waals surface area contributed by atoms with E-state index in [0.717, 1.165) is 60.6 Å². The Balaban J connectivity index is 1.56. The topological polar surface area (TPSA) is 89.3 Å². The Labute approximate surface area is 214 Å². The van der Waals surface area contributed by atoms with Crippen molar-refractivity contribution in [2.45, 2.75) is 91.3 Å². The fourth-order valence-electron chi connectivity index (χ4n) is 5.19. The van der Waals surface area contributed by atoms with Crippen molar-refractivity contribution < 1.29 is 14.3 Å². The van der Waals surface area contributed by atoms with E-state index < -0.39 is 6.04 Å². The predicted octanol–water partition coefficient (Wildman–Crippen LogP) is 4.52. The van der Waals surface area contributed by atoms with Gasteiger partial charge in [0.1, 0.15) is 17.6 Å². The van der Waals surface area contributed by atoms with E-state index in [-0.39, 0.29) is 23.1 Å². The summed E-state index contributed by atoms with van der Waals surface area (Å²) in [5.41, 5.74) is 2.30. The van der Waals surface area contributed by atoms with E-state index in [1.54, 1.807) is 19.1 Å². The van der Waals surface area contributed by atoms with E-state index in [2.05, 4.69) is 40.9 Å². The Morgan fingerprint density at radius 3 is 2.61 bits per heavy atom. The van der Waals surface area contributed by atoms with Gasteiger partial charge in [0.25, 0.3) is 0 Å². The van der Waals surface area contributed by atoms with Crippen LogP contribution in [0.5, 0.6) is 5.75 Å². The molecule has 0 spiro atoms. The number of carbonyl (C=O) groups excluding carboxylic acids is 2. The maximum absolute atomic E-state index is 13.5. The molecule has 8 nitrogen and oxygen atoms in total. The number of nitrogens with zero attached hydrogens (tertiary/aromatic N) is 4. The number of ether oxygens (including phenoxy) is 1. The second kappa shape index (κ2) is 10.6. The smallest absolute Gasteiger partial charge is 0.225 e. The molecule has 1 saturated heterocycles. The molecule has 1 N–H and O–H groups in total. The van der Waals surface area contributed by atoms with Crippen molar-refractivity contribution in [1.82, 2.24) is 25.0 Å². The minimum Gasteiger partial charge on any atom is -0.496 e. The molecule has 0 unspecified atom stereocenters. The summed E-state index contributed by atoms with van der Waals surface area (Å²) in [4.78, 5) is 28.0. The molecule has 1 aliphatic carbocycles. The number of benzene rings is 1. The molecule has 1 aliphatic heterocycles. The van der Waals surface area contributed by atoms with E-state index in [0.29, 0.717) is 25.4 Å². The molecule has 8 heteroatoms. The Kier molecular flexibility index (Phi) is 7.71. The molecule has 1 aromatic heterocycles. The van der Waals surface area contributed by atoms with Gasteiger partial charge in [-0.1, -0.05) is 32.9 Å². The summed E-state index contributed by atoms with van der Waals surface area (Å²) in [5, 5.41) is 12.3. The monoisotopic (exact) mass is 495 g/mol. The molecule has 2 aliphatic rings. The molecule has 2 atom stereocenters. The number of rotatable bonds is 9. The van der Waals surface area contributed by atoms with Crippen molar-refractivity contribution in [3.05, 3.63) is 41.0 Å². The lowest BCUT2D eigenvalue weighted by Crippen LogP contribution is -2.47. The van der Waals surface area contributed by atoms with Crippen LogP contribution in [0.3, 0.4) is 0 Å². The van der Waals surface area contributed by atoms with Gasteiger partial charge >= 0.3 is 0 Å². The zero-order valence-electron chi connectivity index (χ0n) is 22.6. The third kappa shape index (κ3) is 5.90. The van der Waals surface area contributed by atoms with Crippen LogP contribution in [0.2, 0.25) is 0 Å². The number of nitrogens with one attached hydrogen (secondary N) is 1. The fraction of sp³-hybridized carbons (Fsp3) is 0.643. The van der Waals surface area contributed by atoms with Gasteiger partial charge in [-0.05, 0) is 56.1 Å². The average molecular weight is 496 g/mol. The molecular weight excluding hydrogens is 454 g/mol. The first-order valence-electron chi connectivity index (χ1n) is 13.2. The molecule has 2 fully saturated rings. The number of aryl methyl sites for hydroxylation is 2. The average Bonchev–Trinajstić information content (AvgIpc) is 3.58. The molecule has 2 aromatic rings. The highest BCUT2D eigenvalue weighted by Gasteiger charge is 2.43. The first-order valence-corrected chi connectivity index (χ1v) is 13.2. The molecule has 4 rings (SSSR count). The number of likely N-dealkylation sites (tertiary alicyclic amines) is 1. The van der Waals surface area contributed by atoms with Gasteiger partial charge in [-0.3, -0.25) is 9.59 Å². The van der Waals surface area contributed by atoms with E-state index in [1.807, 2.05) is 25.1 Å². The predicted molar refractivity (Wildman–Crippen MR) is 138 cm³/mol. The minimum atomic E-state index is -0.421. The molecule has 196 valence electrons. The van der Waals surface area contributed by atoms with Crippen molar-refractivity contribution in [2.24, 2.45) is 11.3 Å². The van der Waals surface area contributed by atoms with Crippen molar-refractivity contribution >= 4 is 11.8 Å². The van der Waals surface area contributed by atoms with Crippen LogP contribution in [0.15, 0.2) is 18.2 Å². The summed E-state index contributed by atoms with van der Waals surface area (Å²) in [5.74, 6) is 2.09. The summed E-state index contributed by atoms with van der Waals surface area (Å²) in [6.07, 6.45) is 6.04. The number of piperidine rings is 1. The number of aromatic nitrogens is 3. The summed E-state index contributed by atoms with van der Waals surface area (Å²) >= 11 is 0. The Hall–Kier alpha value is -2.90. The van der Waals surface area contributed by atoms with Crippen LogP contribution >= 0.6 is 0 Å². The quantitative estimate of drug-likeness (QED) is 0.552. The summed E-state index contributed by atoms with van der Waals surface area (Å²) in [7, 11) is 3.43. The van der Waals surface area contributed by atoms with E-state index >= 15 is 0 Å². The zero-order chi connectivity index (χ0) is 26.0. The van der Waals surface area contributed by atoms with E-state index in [4.69, 9.17) is 4.74 Å². The van der Waals surface area contributed by atoms with Crippen LogP contribution in [-0.2, 0) is 22.6 Å². The van der Waals surface area contributed by atoms with Crippen molar-refractivity contribution in [3.8, 4) is 5.75 Å². The van der Waals surface area contributed by atoms with E-state index in [1.165, 1.54) is 0 Å². The van der Waals surface area contributed by atoms with Gasteiger partial charge in [-0.15, -0.1) is 10.2 Å². The number of hydrogen-bond donors (Lipinski definition) is 1. The number of methoxy groups -OCH3 is 1. The second-order valence-corrected chi connectivity index (χ2v) is 11.6. The Morgan fingerprint density at radius 1 is 1.19 bits per heavy atom. The fourth-order valence-corrected chi connectivity index (χ4v) is 5.19. The van der Waals surface area contributed by atoms with Crippen LogP contribution in [0.1, 0.15) is 94.2 Å². The normalized spacial score (nSPS) is 20.5. The van der Waals surface area contributed by atoms with Crippen LogP contribution in [0.4, 0.5) is 0 Å². The molecular formula is C28H41N5O3. The zero-order valence-corrected chi connectivity index (χ0v) is 22.6. The van der Waals surface area contributed by atoms with Crippen LogP contribution in [0, 0.1) is 18.3 Å². The molecule has 2 heterocycles. The highest BCUT2D eigenvalue weighted by Crippen LogP contribution is 2.42. The highest BCUT2D eigenvalue weighted by molar-refractivity contribution is 5.84. The van der Waals surface area contributed by atoms with Crippen LogP contribution < -0.4 is 10.1 Å². The number of hydrogen-bond acceptors (Lipinski definition) is 5. The van der Waals surface area contributed by atoms with Crippen LogP contribution in [0.25, 0.3) is 0 Å². The van der Waals surface area contributed by atoms with E-state index in [9.17, 15) is 9.59 Å². The van der Waals surface area contributed by atoms with Gasteiger partial charge in [-0.2, -0.15) is 0 Å². The summed E-state index contributed by atoms with van der Waals surface area (Å²) < 4.78 is 7.75. The third-order valence-corrected chi connectivity index (χ3v) is 7.39. The molecule has 2 amide bonds. The molecule has 0 radical (unpaired) electrons. The van der Waals surface area contributed by atoms with Gasteiger partial charge in [0, 0.05) is 38.0 Å². The lowest BCUT2D eigenvalue weighted by molar-refractivity contribution is -0.142.